The fourth-order valence-corrected chi connectivity index (χ4v) is 2.87. The van der Waals surface area contributed by atoms with Crippen molar-refractivity contribution in [1.82, 2.24) is 9.97 Å². The van der Waals surface area contributed by atoms with Gasteiger partial charge in [0.1, 0.15) is 0 Å². The summed E-state index contributed by atoms with van der Waals surface area (Å²) in [4.78, 5) is 24.6. The van der Waals surface area contributed by atoms with Crippen LogP contribution in [0.25, 0.3) is 24.3 Å². The van der Waals surface area contributed by atoms with Crippen LogP contribution < -0.4 is 9.13 Å². The summed E-state index contributed by atoms with van der Waals surface area (Å²) in [5.41, 5.74) is 4.62. The maximum atomic E-state index is 8.25. The van der Waals surface area contributed by atoms with Gasteiger partial charge in [0.2, 0.25) is 0 Å². The Morgan fingerprint density at radius 3 is 1.05 bits per heavy atom. The molecule has 188 valence electrons. The molecule has 0 fully saturated rings. The quantitative estimate of drug-likeness (QED) is 0.220. The lowest BCUT2D eigenvalue weighted by Gasteiger charge is -1.97. The van der Waals surface area contributed by atoms with Crippen molar-refractivity contribution in [2.45, 2.75) is 6.67 Å². The van der Waals surface area contributed by atoms with Crippen LogP contribution in [-0.2, 0) is 6.67 Å². The van der Waals surface area contributed by atoms with Crippen LogP contribution >= 0.6 is 0 Å². The lowest BCUT2D eigenvalue weighted by molar-refractivity contribution is -0.913. The van der Waals surface area contributed by atoms with Gasteiger partial charge in [-0.1, -0.05) is 24.3 Å². The first-order chi connectivity index (χ1) is 17.8. The fourth-order valence-electron chi connectivity index (χ4n) is 2.87. The standard InChI is InChI=1S/C25H22N4.2NO3/c1(22-5-13-26-14-6-22)3-24-9-17-28(18-10-24)21-29-19-11-25(12-20-29)4-2-23-7-15-27-16-8-23;2*2-1(3)4/h1-20H,21H2;;/q+2;2*-1/b3-1+,4-2+;;. The van der Waals surface area contributed by atoms with E-state index in [0.29, 0.717) is 0 Å². The van der Waals surface area contributed by atoms with Crippen LogP contribution in [0, 0.1) is 30.6 Å². The Hall–Kier alpha value is -5.52. The van der Waals surface area contributed by atoms with E-state index in [1.807, 2.05) is 24.3 Å². The van der Waals surface area contributed by atoms with Crippen LogP contribution in [0.4, 0.5) is 0 Å². The Balaban J connectivity index is 0.000000530. The van der Waals surface area contributed by atoms with Crippen molar-refractivity contribution in [1.29, 1.82) is 0 Å². The molecule has 0 aliphatic carbocycles. The molecular weight excluding hydrogens is 480 g/mol. The smallest absolute Gasteiger partial charge is 0.343 e. The van der Waals surface area contributed by atoms with Gasteiger partial charge >= 0.3 is 6.67 Å². The highest BCUT2D eigenvalue weighted by atomic mass is 16.9. The van der Waals surface area contributed by atoms with Crippen molar-refractivity contribution in [3.8, 4) is 0 Å². The van der Waals surface area contributed by atoms with Gasteiger partial charge in [-0.25, -0.2) is 0 Å². The van der Waals surface area contributed by atoms with E-state index in [1.165, 1.54) is 11.1 Å². The molecule has 0 aliphatic heterocycles. The number of hydrogen-bond donors (Lipinski definition) is 0. The summed E-state index contributed by atoms with van der Waals surface area (Å²) in [6.45, 7) is 0.767. The minimum Gasteiger partial charge on any atom is -0.356 e. The molecule has 0 bridgehead atoms. The zero-order valence-corrected chi connectivity index (χ0v) is 19.4. The van der Waals surface area contributed by atoms with E-state index in [0.717, 1.165) is 17.8 Å². The van der Waals surface area contributed by atoms with Crippen molar-refractivity contribution in [2.75, 3.05) is 0 Å². The number of rotatable bonds is 6. The minimum absolute atomic E-state index is 0.767. The summed E-state index contributed by atoms with van der Waals surface area (Å²) in [5.74, 6) is 0. The topological polar surface area (TPSA) is 166 Å². The molecule has 4 aromatic rings. The lowest BCUT2D eigenvalue weighted by atomic mass is 10.2. The van der Waals surface area contributed by atoms with E-state index in [4.69, 9.17) is 30.6 Å². The molecule has 4 rings (SSSR count). The molecule has 12 heteroatoms. The van der Waals surface area contributed by atoms with Crippen molar-refractivity contribution in [3.05, 3.63) is 151 Å². The minimum atomic E-state index is -1.75. The Morgan fingerprint density at radius 2 is 0.784 bits per heavy atom. The Labute approximate surface area is 211 Å². The van der Waals surface area contributed by atoms with Crippen molar-refractivity contribution < 1.29 is 19.3 Å². The van der Waals surface area contributed by atoms with Gasteiger partial charge in [0.25, 0.3) is 0 Å². The van der Waals surface area contributed by atoms with E-state index in [1.54, 1.807) is 24.8 Å². The SMILES string of the molecule is C(=C\c1cc[n+](C[n+]2ccc(/C=C/c3ccncc3)cc2)cc1)/c1ccncc1.O=[N+]([O-])[O-].O=[N+]([O-])[O-]. The molecule has 0 atom stereocenters. The summed E-state index contributed by atoms with van der Waals surface area (Å²) >= 11 is 0. The molecule has 37 heavy (non-hydrogen) atoms. The highest BCUT2D eigenvalue weighted by Crippen LogP contribution is 2.06. The zero-order chi connectivity index (χ0) is 26.9. The maximum Gasteiger partial charge on any atom is 0.343 e. The number of nitrogens with zero attached hydrogens (tertiary/aromatic N) is 6. The van der Waals surface area contributed by atoms with E-state index in [-0.39, 0.29) is 0 Å². The van der Waals surface area contributed by atoms with E-state index >= 15 is 0 Å². The van der Waals surface area contributed by atoms with Crippen LogP contribution in [0.2, 0.25) is 0 Å². The van der Waals surface area contributed by atoms with Gasteiger partial charge < -0.3 is 30.6 Å². The Bertz CT molecular complexity index is 1190. The fraction of sp³-hybridized carbons (Fsp3) is 0.0400. The van der Waals surface area contributed by atoms with Crippen LogP contribution in [0.5, 0.6) is 0 Å². The van der Waals surface area contributed by atoms with Crippen LogP contribution in [0.15, 0.2) is 98.1 Å². The van der Waals surface area contributed by atoms with Crippen molar-refractivity contribution in [3.63, 3.8) is 0 Å². The second kappa shape index (κ2) is 15.4. The van der Waals surface area contributed by atoms with Crippen LogP contribution in [0.1, 0.15) is 22.3 Å². The molecule has 0 saturated carbocycles. The second-order valence-corrected chi connectivity index (χ2v) is 7.11. The third kappa shape index (κ3) is 12.5. The molecule has 0 N–H and O–H groups in total. The second-order valence-electron chi connectivity index (χ2n) is 7.11. The van der Waals surface area contributed by atoms with Crippen LogP contribution in [-0.4, -0.2) is 20.1 Å². The lowest BCUT2D eigenvalue weighted by Crippen LogP contribution is -2.50. The third-order valence-corrected chi connectivity index (χ3v) is 4.51. The molecule has 0 spiro atoms. The molecule has 0 aliphatic rings. The molecule has 0 amide bonds. The van der Waals surface area contributed by atoms with Gasteiger partial charge in [0.15, 0.2) is 24.8 Å². The molecule has 0 radical (unpaired) electrons. The van der Waals surface area contributed by atoms with Gasteiger partial charge in [-0.15, -0.1) is 9.13 Å². The highest BCUT2D eigenvalue weighted by molar-refractivity contribution is 5.69. The molecule has 0 saturated heterocycles. The first-order valence-electron chi connectivity index (χ1n) is 10.6. The van der Waals surface area contributed by atoms with Gasteiger partial charge in [-0.2, -0.15) is 0 Å². The molecule has 4 heterocycles. The summed E-state index contributed by atoms with van der Waals surface area (Å²) in [5, 5.41) is 29.5. The number of pyridine rings is 4. The first kappa shape index (κ1) is 27.7. The van der Waals surface area contributed by atoms with E-state index in [9.17, 15) is 0 Å². The maximum absolute atomic E-state index is 8.25. The molecular formula is C25H22N6O6. The monoisotopic (exact) mass is 502 g/mol. The number of hydrogen-bond acceptors (Lipinski definition) is 8. The molecule has 12 nitrogen and oxygen atoms in total. The molecule has 0 aromatic carbocycles. The molecule has 4 aromatic heterocycles. The molecule has 0 unspecified atom stereocenters. The summed E-state index contributed by atoms with van der Waals surface area (Å²) in [6, 6.07) is 16.4. The normalized spacial score (nSPS) is 10.2. The Morgan fingerprint density at radius 1 is 0.541 bits per heavy atom. The van der Waals surface area contributed by atoms with Gasteiger partial charge in [-0.05, 0) is 46.5 Å². The summed E-state index contributed by atoms with van der Waals surface area (Å²) < 4.78 is 4.30. The zero-order valence-electron chi connectivity index (χ0n) is 19.4. The average Bonchev–Trinajstić information content (AvgIpc) is 2.88. The van der Waals surface area contributed by atoms with Gasteiger partial charge in [0.05, 0.1) is 10.2 Å². The average molecular weight is 502 g/mol. The summed E-state index contributed by atoms with van der Waals surface area (Å²) in [6.07, 6.45) is 24.0. The van der Waals surface area contributed by atoms with E-state index in [2.05, 4.69) is 92.5 Å². The summed E-state index contributed by atoms with van der Waals surface area (Å²) in [7, 11) is 0. The van der Waals surface area contributed by atoms with Crippen molar-refractivity contribution >= 4 is 24.3 Å². The van der Waals surface area contributed by atoms with Gasteiger partial charge in [0, 0.05) is 49.1 Å². The third-order valence-electron chi connectivity index (χ3n) is 4.51. The predicted molar refractivity (Wildman–Crippen MR) is 136 cm³/mol. The van der Waals surface area contributed by atoms with Crippen molar-refractivity contribution in [2.24, 2.45) is 0 Å². The first-order valence-corrected chi connectivity index (χ1v) is 10.6. The van der Waals surface area contributed by atoms with Gasteiger partial charge in [-0.3, -0.25) is 9.97 Å². The largest absolute Gasteiger partial charge is 0.356 e. The van der Waals surface area contributed by atoms with E-state index < -0.39 is 10.2 Å². The predicted octanol–water partition coefficient (Wildman–Crippen LogP) is 3.42. The van der Waals surface area contributed by atoms with Crippen LogP contribution in [0.3, 0.4) is 0 Å². The Kier molecular flexibility index (Phi) is 11.5. The highest BCUT2D eigenvalue weighted by Gasteiger charge is 2.07. The number of aromatic nitrogens is 4.